The van der Waals surface area contributed by atoms with Crippen LogP contribution >= 0.6 is 11.8 Å². The summed E-state index contributed by atoms with van der Waals surface area (Å²) in [5, 5.41) is 9.40. The minimum Gasteiger partial charge on any atom is -0.490 e. The number of hydrogen-bond donors (Lipinski definition) is 2. The monoisotopic (exact) mass is 255 g/mol. The molecule has 0 saturated heterocycles. The van der Waals surface area contributed by atoms with Crippen molar-refractivity contribution in [2.75, 3.05) is 25.5 Å². The van der Waals surface area contributed by atoms with Gasteiger partial charge >= 0.3 is 0 Å². The molecule has 2 rings (SSSR count). The minimum absolute atomic E-state index is 0.289. The van der Waals surface area contributed by atoms with E-state index in [1.54, 1.807) is 11.8 Å². The van der Waals surface area contributed by atoms with Gasteiger partial charge in [-0.15, -0.1) is 11.8 Å². The van der Waals surface area contributed by atoms with E-state index in [9.17, 15) is 5.11 Å². The second-order valence-electron chi connectivity index (χ2n) is 3.86. The van der Waals surface area contributed by atoms with Gasteiger partial charge in [0.1, 0.15) is 0 Å². The fraction of sp³-hybridized carbons (Fsp3) is 0.500. The second kappa shape index (κ2) is 6.14. The van der Waals surface area contributed by atoms with E-state index in [1.165, 1.54) is 0 Å². The first kappa shape index (κ1) is 12.5. The molecular weight excluding hydrogens is 238 g/mol. The van der Waals surface area contributed by atoms with Crippen molar-refractivity contribution in [3.63, 3.8) is 0 Å². The Bertz CT molecular complexity index is 373. The van der Waals surface area contributed by atoms with Gasteiger partial charge in [0.15, 0.2) is 11.5 Å². The zero-order chi connectivity index (χ0) is 12.1. The highest BCUT2D eigenvalue weighted by Gasteiger charge is 2.11. The molecule has 1 aliphatic heterocycles. The Morgan fingerprint density at radius 1 is 1.29 bits per heavy atom. The average molecular weight is 255 g/mol. The molecule has 3 N–H and O–H groups in total. The van der Waals surface area contributed by atoms with Crippen molar-refractivity contribution in [1.29, 1.82) is 0 Å². The van der Waals surface area contributed by atoms with E-state index >= 15 is 0 Å². The highest BCUT2D eigenvalue weighted by molar-refractivity contribution is 7.99. The lowest BCUT2D eigenvalue weighted by atomic mass is 10.3. The van der Waals surface area contributed by atoms with Crippen LogP contribution in [0.5, 0.6) is 11.5 Å². The van der Waals surface area contributed by atoms with Gasteiger partial charge in [0.2, 0.25) is 0 Å². The molecule has 94 valence electrons. The number of benzene rings is 1. The Morgan fingerprint density at radius 2 is 2.06 bits per heavy atom. The summed E-state index contributed by atoms with van der Waals surface area (Å²) in [7, 11) is 0. The third kappa shape index (κ3) is 3.52. The minimum atomic E-state index is -0.462. The van der Waals surface area contributed by atoms with Crippen LogP contribution in [-0.2, 0) is 0 Å². The van der Waals surface area contributed by atoms with Crippen molar-refractivity contribution in [2.45, 2.75) is 17.4 Å². The van der Waals surface area contributed by atoms with Crippen molar-refractivity contribution in [1.82, 2.24) is 0 Å². The zero-order valence-electron chi connectivity index (χ0n) is 9.59. The smallest absolute Gasteiger partial charge is 0.162 e. The first-order valence-corrected chi connectivity index (χ1v) is 6.68. The normalized spacial score (nSPS) is 16.4. The molecule has 17 heavy (non-hydrogen) atoms. The van der Waals surface area contributed by atoms with Crippen LogP contribution in [0.2, 0.25) is 0 Å². The van der Waals surface area contributed by atoms with Gasteiger partial charge in [0.25, 0.3) is 0 Å². The molecule has 0 aliphatic carbocycles. The number of nitrogens with two attached hydrogens (primary N) is 1. The van der Waals surface area contributed by atoms with Crippen molar-refractivity contribution >= 4 is 11.8 Å². The molecular formula is C12H17NO3S. The van der Waals surface area contributed by atoms with Gasteiger partial charge in [-0.3, -0.25) is 0 Å². The zero-order valence-corrected chi connectivity index (χ0v) is 10.4. The summed E-state index contributed by atoms with van der Waals surface area (Å²) in [6.07, 6.45) is 0.444. The highest BCUT2D eigenvalue weighted by Crippen LogP contribution is 2.33. The molecule has 0 radical (unpaired) electrons. The van der Waals surface area contributed by atoms with Gasteiger partial charge in [-0.25, -0.2) is 0 Å². The molecule has 0 fully saturated rings. The number of aliphatic hydroxyl groups excluding tert-OH is 1. The van der Waals surface area contributed by atoms with E-state index in [1.807, 2.05) is 18.2 Å². The first-order chi connectivity index (χ1) is 8.29. The summed E-state index contributed by atoms with van der Waals surface area (Å²) in [6.45, 7) is 1.68. The number of ether oxygens (including phenoxy) is 2. The Balaban J connectivity index is 2.02. The lowest BCUT2D eigenvalue weighted by Crippen LogP contribution is -2.21. The van der Waals surface area contributed by atoms with Crippen molar-refractivity contribution in [2.24, 2.45) is 5.73 Å². The quantitative estimate of drug-likeness (QED) is 0.793. The van der Waals surface area contributed by atoms with Crippen LogP contribution in [0.15, 0.2) is 23.1 Å². The Labute approximate surface area is 105 Å². The van der Waals surface area contributed by atoms with Crippen LogP contribution in [0.25, 0.3) is 0 Å². The van der Waals surface area contributed by atoms with Crippen LogP contribution in [0, 0.1) is 0 Å². The topological polar surface area (TPSA) is 64.7 Å². The maximum Gasteiger partial charge on any atom is 0.162 e. The summed E-state index contributed by atoms with van der Waals surface area (Å²) < 4.78 is 11.1. The predicted molar refractivity (Wildman–Crippen MR) is 67.8 cm³/mol. The van der Waals surface area contributed by atoms with E-state index in [2.05, 4.69) is 0 Å². The molecule has 4 nitrogen and oxygen atoms in total. The molecule has 1 aromatic carbocycles. The third-order valence-electron chi connectivity index (χ3n) is 2.43. The predicted octanol–water partition coefficient (Wildman–Crippen LogP) is 1.26. The van der Waals surface area contributed by atoms with Gasteiger partial charge in [-0.2, -0.15) is 0 Å². The number of thioether (sulfide) groups is 1. The number of hydrogen-bond acceptors (Lipinski definition) is 5. The van der Waals surface area contributed by atoms with E-state index in [-0.39, 0.29) is 6.54 Å². The number of rotatable bonds is 4. The van der Waals surface area contributed by atoms with Crippen LogP contribution in [0.1, 0.15) is 6.42 Å². The highest BCUT2D eigenvalue weighted by atomic mass is 32.2. The fourth-order valence-electron chi connectivity index (χ4n) is 1.49. The van der Waals surface area contributed by atoms with Gasteiger partial charge in [-0.1, -0.05) is 0 Å². The SMILES string of the molecule is NC[C@H](O)CSc1ccc2c(c1)OCCCO2. The fourth-order valence-corrected chi connectivity index (χ4v) is 2.37. The largest absolute Gasteiger partial charge is 0.490 e. The summed E-state index contributed by atoms with van der Waals surface area (Å²) in [6, 6.07) is 5.84. The maximum atomic E-state index is 9.40. The molecule has 1 heterocycles. The molecule has 5 heteroatoms. The lowest BCUT2D eigenvalue weighted by Gasteiger charge is -2.10. The molecule has 0 aromatic heterocycles. The van der Waals surface area contributed by atoms with Gasteiger partial charge in [-0.05, 0) is 18.2 Å². The average Bonchev–Trinajstić information content (AvgIpc) is 2.60. The van der Waals surface area contributed by atoms with Crippen molar-refractivity contribution in [3.05, 3.63) is 18.2 Å². The summed E-state index contributed by atoms with van der Waals surface area (Å²) in [5.41, 5.74) is 5.36. The summed E-state index contributed by atoms with van der Waals surface area (Å²) >= 11 is 1.57. The lowest BCUT2D eigenvalue weighted by molar-refractivity contribution is 0.208. The van der Waals surface area contributed by atoms with Crippen LogP contribution in [0.4, 0.5) is 0 Å². The molecule has 1 aliphatic rings. The standard InChI is InChI=1S/C12H17NO3S/c13-7-9(14)8-17-10-2-3-11-12(6-10)16-5-1-4-15-11/h2-3,6,9,14H,1,4-5,7-8,13H2/t9-/m0/s1. The van der Waals surface area contributed by atoms with Crippen molar-refractivity contribution < 1.29 is 14.6 Å². The summed E-state index contributed by atoms with van der Waals surface area (Å²) in [5.74, 6) is 2.18. The van der Waals surface area contributed by atoms with Gasteiger partial charge < -0.3 is 20.3 Å². The van der Waals surface area contributed by atoms with E-state index in [0.29, 0.717) is 19.0 Å². The number of aliphatic hydroxyl groups is 1. The molecule has 0 saturated carbocycles. The van der Waals surface area contributed by atoms with Gasteiger partial charge in [0, 0.05) is 23.6 Å². The van der Waals surface area contributed by atoms with Crippen molar-refractivity contribution in [3.8, 4) is 11.5 Å². The molecule has 1 atom stereocenters. The van der Waals surface area contributed by atoms with Crippen LogP contribution in [-0.4, -0.2) is 36.7 Å². The first-order valence-electron chi connectivity index (χ1n) is 5.70. The molecule has 0 bridgehead atoms. The van der Waals surface area contributed by atoms with Crippen LogP contribution < -0.4 is 15.2 Å². The van der Waals surface area contributed by atoms with E-state index in [0.717, 1.165) is 22.8 Å². The molecule has 0 spiro atoms. The van der Waals surface area contributed by atoms with Crippen LogP contribution in [0.3, 0.4) is 0 Å². The Hall–Kier alpha value is -0.910. The summed E-state index contributed by atoms with van der Waals surface area (Å²) in [4.78, 5) is 1.06. The second-order valence-corrected chi connectivity index (χ2v) is 4.95. The number of fused-ring (bicyclic) bond motifs is 1. The maximum absolute atomic E-state index is 9.40. The third-order valence-corrected chi connectivity index (χ3v) is 3.57. The van der Waals surface area contributed by atoms with E-state index < -0.39 is 6.10 Å². The van der Waals surface area contributed by atoms with E-state index in [4.69, 9.17) is 15.2 Å². The molecule has 1 aromatic rings. The Morgan fingerprint density at radius 3 is 2.82 bits per heavy atom. The molecule has 0 unspecified atom stereocenters. The molecule has 0 amide bonds. The van der Waals surface area contributed by atoms with Gasteiger partial charge in [0.05, 0.1) is 19.3 Å². The Kier molecular flexibility index (Phi) is 4.53.